The number of carbonyl (C=O) groups is 1. The average Bonchev–Trinajstić information content (AvgIpc) is 3.05. The van der Waals surface area contributed by atoms with E-state index in [1.165, 1.54) is 19.2 Å². The Morgan fingerprint density at radius 3 is 2.24 bits per heavy atom. The molecule has 2 aromatic carbocycles. The highest BCUT2D eigenvalue weighted by atomic mass is 32.2. The third-order valence-electron chi connectivity index (χ3n) is 4.76. The smallest absolute Gasteiger partial charge is 0.192 e. The molecule has 1 unspecified atom stereocenters. The SMILES string of the molecule is COc1ccc(S(=O)(=O)C2(C(=O)c3ccccc3)CCN(C)C2)cc1. The van der Waals surface area contributed by atoms with Crippen molar-refractivity contribution in [1.29, 1.82) is 0 Å². The van der Waals surface area contributed by atoms with Gasteiger partial charge in [0.1, 0.15) is 5.75 Å². The molecule has 0 amide bonds. The molecule has 2 aromatic rings. The highest BCUT2D eigenvalue weighted by Crippen LogP contribution is 2.37. The van der Waals surface area contributed by atoms with E-state index in [0.29, 0.717) is 17.9 Å². The molecule has 1 aliphatic rings. The quantitative estimate of drug-likeness (QED) is 0.767. The molecule has 0 bridgehead atoms. The number of nitrogens with zero attached hydrogens (tertiary/aromatic N) is 1. The number of hydrogen-bond acceptors (Lipinski definition) is 5. The normalized spacial score (nSPS) is 21.2. The number of sulfone groups is 1. The lowest BCUT2D eigenvalue weighted by atomic mass is 9.96. The van der Waals surface area contributed by atoms with Crippen LogP contribution in [-0.2, 0) is 9.84 Å². The Morgan fingerprint density at radius 2 is 1.72 bits per heavy atom. The van der Waals surface area contributed by atoms with Gasteiger partial charge in [-0.1, -0.05) is 30.3 Å². The minimum Gasteiger partial charge on any atom is -0.497 e. The molecule has 132 valence electrons. The third kappa shape index (κ3) is 2.96. The van der Waals surface area contributed by atoms with Crippen LogP contribution in [0.25, 0.3) is 0 Å². The summed E-state index contributed by atoms with van der Waals surface area (Å²) in [5.41, 5.74) is 0.426. The largest absolute Gasteiger partial charge is 0.497 e. The second-order valence-corrected chi connectivity index (χ2v) is 8.62. The lowest BCUT2D eigenvalue weighted by Crippen LogP contribution is -2.48. The van der Waals surface area contributed by atoms with Crippen LogP contribution in [-0.4, -0.2) is 51.1 Å². The molecular formula is C19H21NO4S. The lowest BCUT2D eigenvalue weighted by Gasteiger charge is -2.27. The van der Waals surface area contributed by atoms with Crippen LogP contribution >= 0.6 is 0 Å². The number of hydrogen-bond donors (Lipinski definition) is 0. The van der Waals surface area contributed by atoms with Crippen molar-refractivity contribution in [2.24, 2.45) is 0 Å². The maximum atomic E-state index is 13.4. The molecule has 0 aromatic heterocycles. The molecule has 0 N–H and O–H groups in total. The first-order chi connectivity index (χ1) is 11.9. The summed E-state index contributed by atoms with van der Waals surface area (Å²) in [6.45, 7) is 0.753. The van der Waals surface area contributed by atoms with Crippen LogP contribution in [0.1, 0.15) is 16.8 Å². The summed E-state index contributed by atoms with van der Waals surface area (Å²) in [6, 6.07) is 14.9. The van der Waals surface area contributed by atoms with Gasteiger partial charge >= 0.3 is 0 Å². The minimum absolute atomic E-state index is 0.146. The predicted molar refractivity (Wildman–Crippen MR) is 95.8 cm³/mol. The van der Waals surface area contributed by atoms with Crippen molar-refractivity contribution in [3.8, 4) is 5.75 Å². The summed E-state index contributed by atoms with van der Waals surface area (Å²) in [4.78, 5) is 15.3. The fourth-order valence-electron chi connectivity index (χ4n) is 3.33. The lowest BCUT2D eigenvalue weighted by molar-refractivity contribution is 0.0941. The molecule has 1 fully saturated rings. The van der Waals surface area contributed by atoms with E-state index in [0.717, 1.165) is 0 Å². The zero-order valence-corrected chi connectivity index (χ0v) is 15.1. The number of benzene rings is 2. The van der Waals surface area contributed by atoms with E-state index in [4.69, 9.17) is 4.74 Å². The maximum Gasteiger partial charge on any atom is 0.192 e. The first kappa shape index (κ1) is 17.6. The Balaban J connectivity index is 2.10. The van der Waals surface area contributed by atoms with Gasteiger partial charge in [-0.2, -0.15) is 0 Å². The molecule has 0 radical (unpaired) electrons. The highest BCUT2D eigenvalue weighted by Gasteiger charge is 2.54. The molecule has 0 aliphatic carbocycles. The van der Waals surface area contributed by atoms with Gasteiger partial charge in [0.2, 0.25) is 0 Å². The van der Waals surface area contributed by atoms with Crippen LogP contribution in [0, 0.1) is 0 Å². The first-order valence-corrected chi connectivity index (χ1v) is 9.56. The van der Waals surface area contributed by atoms with Gasteiger partial charge in [0.15, 0.2) is 20.4 Å². The number of ketones is 1. The first-order valence-electron chi connectivity index (χ1n) is 8.08. The average molecular weight is 359 g/mol. The molecule has 25 heavy (non-hydrogen) atoms. The van der Waals surface area contributed by atoms with Crippen molar-refractivity contribution < 1.29 is 17.9 Å². The van der Waals surface area contributed by atoms with E-state index in [2.05, 4.69) is 0 Å². The van der Waals surface area contributed by atoms with Gasteiger partial charge in [0.05, 0.1) is 12.0 Å². The van der Waals surface area contributed by atoms with Crippen LogP contribution in [0.5, 0.6) is 5.75 Å². The van der Waals surface area contributed by atoms with E-state index in [1.807, 2.05) is 18.0 Å². The van der Waals surface area contributed by atoms with Crippen molar-refractivity contribution in [1.82, 2.24) is 4.90 Å². The van der Waals surface area contributed by atoms with Gasteiger partial charge in [-0.3, -0.25) is 4.79 Å². The van der Waals surface area contributed by atoms with Crippen LogP contribution in [0.2, 0.25) is 0 Å². The van der Waals surface area contributed by atoms with E-state index in [1.54, 1.807) is 36.4 Å². The minimum atomic E-state index is -3.85. The molecule has 1 aliphatic heterocycles. The molecule has 0 spiro atoms. The van der Waals surface area contributed by atoms with Crippen molar-refractivity contribution in [3.63, 3.8) is 0 Å². The molecule has 1 saturated heterocycles. The fraction of sp³-hybridized carbons (Fsp3) is 0.316. The van der Waals surface area contributed by atoms with Gasteiger partial charge in [0.25, 0.3) is 0 Å². The zero-order valence-electron chi connectivity index (χ0n) is 14.3. The van der Waals surface area contributed by atoms with Gasteiger partial charge in [-0.15, -0.1) is 0 Å². The Bertz CT molecular complexity index is 862. The van der Waals surface area contributed by atoms with Crippen LogP contribution in [0.3, 0.4) is 0 Å². The molecular weight excluding hydrogens is 338 g/mol. The van der Waals surface area contributed by atoms with Crippen molar-refractivity contribution in [3.05, 3.63) is 60.2 Å². The van der Waals surface area contributed by atoms with Crippen LogP contribution < -0.4 is 4.74 Å². The highest BCUT2D eigenvalue weighted by molar-refractivity contribution is 7.93. The van der Waals surface area contributed by atoms with Gasteiger partial charge < -0.3 is 9.64 Å². The molecule has 3 rings (SSSR count). The number of ether oxygens (including phenoxy) is 1. The van der Waals surface area contributed by atoms with Crippen LogP contribution in [0.15, 0.2) is 59.5 Å². The van der Waals surface area contributed by atoms with E-state index in [9.17, 15) is 13.2 Å². The number of Topliss-reactive ketones (excluding diaryl/α,β-unsaturated/α-hetero) is 1. The zero-order chi connectivity index (χ0) is 18.1. The Labute approximate surface area is 148 Å². The second kappa shape index (κ2) is 6.61. The summed E-state index contributed by atoms with van der Waals surface area (Å²) in [5.74, 6) is 0.235. The predicted octanol–water partition coefficient (Wildman–Crippen LogP) is 2.43. The number of rotatable bonds is 5. The van der Waals surface area contributed by atoms with Crippen molar-refractivity contribution in [2.75, 3.05) is 27.2 Å². The Kier molecular flexibility index (Phi) is 4.67. The van der Waals surface area contributed by atoms with E-state index in [-0.39, 0.29) is 23.6 Å². The molecule has 5 nitrogen and oxygen atoms in total. The third-order valence-corrected chi connectivity index (χ3v) is 7.20. The van der Waals surface area contributed by atoms with Gasteiger partial charge in [-0.25, -0.2) is 8.42 Å². The number of carbonyl (C=O) groups excluding carboxylic acids is 1. The molecule has 1 atom stereocenters. The van der Waals surface area contributed by atoms with Crippen molar-refractivity contribution >= 4 is 15.6 Å². The Hall–Kier alpha value is -2.18. The summed E-state index contributed by atoms with van der Waals surface area (Å²) in [5, 5.41) is 0. The van der Waals surface area contributed by atoms with Crippen LogP contribution in [0.4, 0.5) is 0 Å². The summed E-state index contributed by atoms with van der Waals surface area (Å²) < 4.78 is 30.5. The summed E-state index contributed by atoms with van der Waals surface area (Å²) in [7, 11) is -0.492. The molecule has 0 saturated carbocycles. The van der Waals surface area contributed by atoms with Gasteiger partial charge in [0, 0.05) is 12.1 Å². The number of likely N-dealkylation sites (tertiary alicyclic amines) is 1. The molecule has 6 heteroatoms. The second-order valence-electron chi connectivity index (χ2n) is 6.36. The van der Waals surface area contributed by atoms with Gasteiger partial charge in [-0.05, 0) is 44.3 Å². The van der Waals surface area contributed by atoms with E-state index >= 15 is 0 Å². The summed E-state index contributed by atoms with van der Waals surface area (Å²) in [6.07, 6.45) is 0.283. The maximum absolute atomic E-state index is 13.4. The summed E-state index contributed by atoms with van der Waals surface area (Å²) >= 11 is 0. The standard InChI is InChI=1S/C19H21NO4S/c1-20-13-12-19(14-20,18(21)15-6-4-3-5-7-15)25(22,23)17-10-8-16(24-2)9-11-17/h3-11H,12-14H2,1-2H3. The fourth-order valence-corrected chi connectivity index (χ4v) is 5.38. The molecule has 1 heterocycles. The monoisotopic (exact) mass is 359 g/mol. The van der Waals surface area contributed by atoms with E-state index < -0.39 is 14.6 Å². The Morgan fingerprint density at radius 1 is 1.08 bits per heavy atom. The number of methoxy groups -OCH3 is 1. The topological polar surface area (TPSA) is 63.7 Å². The van der Waals surface area contributed by atoms with Crippen molar-refractivity contribution in [2.45, 2.75) is 16.1 Å².